The summed E-state index contributed by atoms with van der Waals surface area (Å²) in [6, 6.07) is 9.41. The zero-order valence-corrected chi connectivity index (χ0v) is 13.1. The van der Waals surface area contributed by atoms with Gasteiger partial charge in [-0.1, -0.05) is 65.8 Å². The van der Waals surface area contributed by atoms with Crippen LogP contribution >= 0.6 is 0 Å². The van der Waals surface area contributed by atoms with Gasteiger partial charge in [-0.2, -0.15) is 0 Å². The van der Waals surface area contributed by atoms with E-state index in [9.17, 15) is 0 Å². The molecule has 0 unspecified atom stereocenters. The first-order valence-corrected chi connectivity index (χ1v) is 7.56. The van der Waals surface area contributed by atoms with E-state index in [1.165, 1.54) is 36.8 Å². The van der Waals surface area contributed by atoms with Crippen molar-refractivity contribution in [1.29, 1.82) is 0 Å². The number of benzene rings is 1. The molecule has 0 bridgehead atoms. The molecule has 1 rings (SSSR count). The quantitative estimate of drug-likeness (QED) is 0.591. The van der Waals surface area contributed by atoms with Gasteiger partial charge >= 0.3 is 0 Å². The molecule has 0 nitrogen and oxygen atoms in total. The number of rotatable bonds is 6. The highest BCUT2D eigenvalue weighted by Gasteiger charge is 2.25. The largest absolute Gasteiger partial charge is 0.0645 e. The summed E-state index contributed by atoms with van der Waals surface area (Å²) in [5, 5.41) is 0. The van der Waals surface area contributed by atoms with Crippen LogP contribution in [0.25, 0.3) is 0 Å². The Kier molecular flexibility index (Phi) is 5.01. The molecule has 0 spiro atoms. The van der Waals surface area contributed by atoms with Gasteiger partial charge in [0.05, 0.1) is 0 Å². The van der Waals surface area contributed by atoms with E-state index in [-0.39, 0.29) is 0 Å². The van der Waals surface area contributed by atoms with Gasteiger partial charge in [-0.3, -0.25) is 0 Å². The molecule has 0 heterocycles. The lowest BCUT2D eigenvalue weighted by atomic mass is 9.74. The molecule has 0 aliphatic carbocycles. The average molecular weight is 246 g/mol. The van der Waals surface area contributed by atoms with Gasteiger partial charge in [-0.15, -0.1) is 0 Å². The van der Waals surface area contributed by atoms with Gasteiger partial charge in [0, 0.05) is 0 Å². The lowest BCUT2D eigenvalue weighted by molar-refractivity contribution is 0.430. The highest BCUT2D eigenvalue weighted by atomic mass is 14.3. The van der Waals surface area contributed by atoms with Crippen molar-refractivity contribution in [1.82, 2.24) is 0 Å². The van der Waals surface area contributed by atoms with Crippen LogP contribution in [0.3, 0.4) is 0 Å². The van der Waals surface area contributed by atoms with Crippen molar-refractivity contribution in [2.75, 3.05) is 0 Å². The first kappa shape index (κ1) is 15.3. The van der Waals surface area contributed by atoms with Crippen molar-refractivity contribution in [2.24, 2.45) is 0 Å². The maximum absolute atomic E-state index is 2.38. The summed E-state index contributed by atoms with van der Waals surface area (Å²) in [5.74, 6) is 0. The minimum atomic E-state index is 0.341. The van der Waals surface area contributed by atoms with Gasteiger partial charge in [0.15, 0.2) is 0 Å². The van der Waals surface area contributed by atoms with E-state index >= 15 is 0 Å². The second-order valence-electron chi connectivity index (χ2n) is 6.11. The summed E-state index contributed by atoms with van der Waals surface area (Å²) in [6.07, 6.45) is 4.84. The number of hydrogen-bond donors (Lipinski definition) is 0. The zero-order valence-electron chi connectivity index (χ0n) is 13.1. The van der Waals surface area contributed by atoms with Crippen molar-refractivity contribution < 1.29 is 0 Å². The fraction of sp³-hybridized carbons (Fsp3) is 0.667. The Bertz CT molecular complexity index is 313. The molecule has 0 N–H and O–H groups in total. The van der Waals surface area contributed by atoms with E-state index in [2.05, 4.69) is 65.8 Å². The molecular weight excluding hydrogens is 216 g/mol. The third kappa shape index (κ3) is 2.79. The lowest BCUT2D eigenvalue weighted by Crippen LogP contribution is -2.22. The molecule has 0 fully saturated rings. The van der Waals surface area contributed by atoms with Gasteiger partial charge in [0.25, 0.3) is 0 Å². The molecule has 0 aliphatic rings. The van der Waals surface area contributed by atoms with Crippen LogP contribution in [0, 0.1) is 0 Å². The first-order valence-electron chi connectivity index (χ1n) is 7.56. The van der Waals surface area contributed by atoms with Crippen LogP contribution in [0.5, 0.6) is 0 Å². The molecule has 0 saturated carbocycles. The normalized spacial score (nSPS) is 12.8. The smallest absolute Gasteiger partial charge is 0.00805 e. The minimum Gasteiger partial charge on any atom is -0.0645 e. The van der Waals surface area contributed by atoms with Crippen molar-refractivity contribution in [3.05, 3.63) is 35.4 Å². The van der Waals surface area contributed by atoms with Gasteiger partial charge in [-0.25, -0.2) is 0 Å². The predicted octanol–water partition coefficient (Wildman–Crippen LogP) is 5.84. The molecule has 0 atom stereocenters. The Morgan fingerprint density at radius 3 is 1.00 bits per heavy atom. The molecule has 102 valence electrons. The van der Waals surface area contributed by atoms with Crippen LogP contribution in [0.4, 0.5) is 0 Å². The molecule has 0 radical (unpaired) electrons. The predicted molar refractivity (Wildman–Crippen MR) is 82.3 cm³/mol. The Morgan fingerprint density at radius 2 is 0.833 bits per heavy atom. The zero-order chi connectivity index (χ0) is 13.8. The second kappa shape index (κ2) is 5.91. The van der Waals surface area contributed by atoms with Crippen molar-refractivity contribution in [3.63, 3.8) is 0 Å². The lowest BCUT2D eigenvalue weighted by Gasteiger charge is -2.30. The molecule has 0 aliphatic heterocycles. The number of hydrogen-bond acceptors (Lipinski definition) is 0. The minimum absolute atomic E-state index is 0.341. The monoisotopic (exact) mass is 246 g/mol. The van der Waals surface area contributed by atoms with Crippen LogP contribution in [-0.2, 0) is 10.8 Å². The van der Waals surface area contributed by atoms with Crippen molar-refractivity contribution in [2.45, 2.75) is 78.1 Å². The van der Waals surface area contributed by atoms with Crippen LogP contribution in [0.2, 0.25) is 0 Å². The van der Waals surface area contributed by atoms with Gasteiger partial charge in [0.2, 0.25) is 0 Å². The van der Waals surface area contributed by atoms with Gasteiger partial charge < -0.3 is 0 Å². The summed E-state index contributed by atoms with van der Waals surface area (Å²) in [7, 11) is 0. The Hall–Kier alpha value is -0.780. The maximum Gasteiger partial charge on any atom is -0.00805 e. The standard InChI is InChI=1S/C18H30/c1-7-17(5,8-2)15-11-13-16(14-12-15)18(6,9-3)10-4/h11-14H,7-10H2,1-6H3. The van der Waals surface area contributed by atoms with E-state index in [1.807, 2.05) is 0 Å². The van der Waals surface area contributed by atoms with Crippen LogP contribution in [-0.4, -0.2) is 0 Å². The molecule has 18 heavy (non-hydrogen) atoms. The molecule has 1 aromatic carbocycles. The Labute approximate surface area is 114 Å². The first-order chi connectivity index (χ1) is 8.45. The van der Waals surface area contributed by atoms with Crippen molar-refractivity contribution >= 4 is 0 Å². The topological polar surface area (TPSA) is 0 Å². The Morgan fingerprint density at radius 1 is 0.611 bits per heavy atom. The molecule has 0 aromatic heterocycles. The summed E-state index contributed by atoms with van der Waals surface area (Å²) in [5.41, 5.74) is 3.66. The molecule has 1 aromatic rings. The molecule has 0 amide bonds. The maximum atomic E-state index is 2.38. The highest BCUT2D eigenvalue weighted by molar-refractivity contribution is 5.32. The summed E-state index contributed by atoms with van der Waals surface area (Å²) in [6.45, 7) is 13.9. The second-order valence-corrected chi connectivity index (χ2v) is 6.11. The SMILES string of the molecule is CCC(C)(CC)c1ccc(C(C)(CC)CC)cc1. The highest BCUT2D eigenvalue weighted by Crippen LogP contribution is 2.35. The van der Waals surface area contributed by atoms with E-state index in [0.717, 1.165) is 0 Å². The third-order valence-corrected chi connectivity index (χ3v) is 5.40. The van der Waals surface area contributed by atoms with Gasteiger partial charge in [0.1, 0.15) is 0 Å². The van der Waals surface area contributed by atoms with E-state index < -0.39 is 0 Å². The van der Waals surface area contributed by atoms with E-state index in [4.69, 9.17) is 0 Å². The van der Waals surface area contributed by atoms with Crippen LogP contribution in [0.15, 0.2) is 24.3 Å². The fourth-order valence-electron chi connectivity index (χ4n) is 2.59. The molecule has 0 saturated heterocycles. The fourth-order valence-corrected chi connectivity index (χ4v) is 2.59. The summed E-state index contributed by atoms with van der Waals surface area (Å²) < 4.78 is 0. The average Bonchev–Trinajstić information content (AvgIpc) is 2.45. The Balaban J connectivity index is 3.06. The molecule has 0 heteroatoms. The van der Waals surface area contributed by atoms with Crippen LogP contribution < -0.4 is 0 Å². The van der Waals surface area contributed by atoms with Gasteiger partial charge in [-0.05, 0) is 47.6 Å². The van der Waals surface area contributed by atoms with Crippen LogP contribution in [0.1, 0.15) is 78.4 Å². The third-order valence-electron chi connectivity index (χ3n) is 5.40. The van der Waals surface area contributed by atoms with Crippen molar-refractivity contribution in [3.8, 4) is 0 Å². The molecular formula is C18H30. The van der Waals surface area contributed by atoms with E-state index in [0.29, 0.717) is 10.8 Å². The summed E-state index contributed by atoms with van der Waals surface area (Å²) in [4.78, 5) is 0. The summed E-state index contributed by atoms with van der Waals surface area (Å²) >= 11 is 0. The van der Waals surface area contributed by atoms with E-state index in [1.54, 1.807) is 0 Å².